The van der Waals surface area contributed by atoms with Gasteiger partial charge in [-0.05, 0) is 37.0 Å². The number of hydrogen-bond donors (Lipinski definition) is 0. The van der Waals surface area contributed by atoms with E-state index in [9.17, 15) is 14.4 Å². The van der Waals surface area contributed by atoms with Gasteiger partial charge in [0.25, 0.3) is 0 Å². The number of carbonyl (C=O) groups is 3. The van der Waals surface area contributed by atoms with Gasteiger partial charge >= 0.3 is 17.9 Å². The number of hydrogen-bond acceptors (Lipinski definition) is 6. The van der Waals surface area contributed by atoms with Gasteiger partial charge in [-0.15, -0.1) is 0 Å². The van der Waals surface area contributed by atoms with Crippen LogP contribution >= 0.6 is 0 Å². The third kappa shape index (κ3) is 48.2. The summed E-state index contributed by atoms with van der Waals surface area (Å²) >= 11 is 0. The lowest BCUT2D eigenvalue weighted by atomic mass is 9.99. The van der Waals surface area contributed by atoms with E-state index in [0.717, 1.165) is 75.5 Å². The Morgan fingerprint density at radius 1 is 0.317 bits per heavy atom. The van der Waals surface area contributed by atoms with Crippen LogP contribution in [0.1, 0.15) is 311 Å². The van der Waals surface area contributed by atoms with Gasteiger partial charge in [0.1, 0.15) is 13.2 Å². The molecule has 0 aromatic carbocycles. The SMILES string of the molecule is CCC(C)CCCCCCCCCCCCCCCCC(=O)OC[C@H](COC(=O)CCCCCCCCC(C)CC)OC(=O)CCCCCCCCCCCCCCCCC(C)C. The maximum absolute atomic E-state index is 12.8. The molecular weight excluding hydrogens is 781 g/mol. The second-order valence-electron chi connectivity index (χ2n) is 20.5. The smallest absolute Gasteiger partial charge is 0.306 e. The van der Waals surface area contributed by atoms with Crippen molar-refractivity contribution in [2.24, 2.45) is 17.8 Å². The third-order valence-electron chi connectivity index (χ3n) is 13.6. The minimum absolute atomic E-state index is 0.0644. The molecule has 3 atom stereocenters. The summed E-state index contributed by atoms with van der Waals surface area (Å²) in [4.78, 5) is 38.0. The van der Waals surface area contributed by atoms with Crippen molar-refractivity contribution in [2.75, 3.05) is 13.2 Å². The van der Waals surface area contributed by atoms with Crippen LogP contribution in [-0.2, 0) is 28.6 Å². The van der Waals surface area contributed by atoms with Gasteiger partial charge < -0.3 is 14.2 Å². The molecule has 374 valence electrons. The Morgan fingerprint density at radius 2 is 0.556 bits per heavy atom. The number of ether oxygens (including phenoxy) is 3. The molecule has 0 amide bonds. The molecule has 0 aromatic rings. The molecule has 0 aliphatic rings. The standard InChI is InChI=1S/C57H110O6/c1-7-52(5)44-38-32-26-22-18-14-10-12-15-19-23-27-34-40-46-55(58)61-49-54(50-62-56(59)47-41-35-30-29-33-39-45-53(6)8-2)63-57(60)48-42-36-28-24-20-16-11-9-13-17-21-25-31-37-43-51(3)4/h51-54H,7-50H2,1-6H3/t52?,53?,54-/m1/s1. The zero-order chi connectivity index (χ0) is 46.3. The highest BCUT2D eigenvalue weighted by Crippen LogP contribution is 2.19. The molecule has 0 aliphatic carbocycles. The minimum Gasteiger partial charge on any atom is -0.462 e. The Kier molecular flexibility index (Phi) is 47.1. The number of unbranched alkanes of at least 4 members (excludes halogenated alkanes) is 31. The first kappa shape index (κ1) is 61.4. The van der Waals surface area contributed by atoms with Gasteiger partial charge in [-0.2, -0.15) is 0 Å². The number of esters is 3. The van der Waals surface area contributed by atoms with Crippen LogP contribution < -0.4 is 0 Å². The van der Waals surface area contributed by atoms with Crippen LogP contribution in [0.2, 0.25) is 0 Å². The van der Waals surface area contributed by atoms with Crippen LogP contribution in [0.5, 0.6) is 0 Å². The zero-order valence-electron chi connectivity index (χ0n) is 43.4. The van der Waals surface area contributed by atoms with Crippen molar-refractivity contribution in [3.63, 3.8) is 0 Å². The van der Waals surface area contributed by atoms with E-state index in [4.69, 9.17) is 14.2 Å². The lowest BCUT2D eigenvalue weighted by Crippen LogP contribution is -2.30. The van der Waals surface area contributed by atoms with Gasteiger partial charge in [-0.25, -0.2) is 0 Å². The Morgan fingerprint density at radius 3 is 0.825 bits per heavy atom. The molecule has 6 heteroatoms. The van der Waals surface area contributed by atoms with E-state index in [0.29, 0.717) is 19.3 Å². The summed E-state index contributed by atoms with van der Waals surface area (Å²) in [6, 6.07) is 0. The molecule has 0 spiro atoms. The highest BCUT2D eigenvalue weighted by Gasteiger charge is 2.19. The van der Waals surface area contributed by atoms with Crippen LogP contribution in [0.4, 0.5) is 0 Å². The van der Waals surface area contributed by atoms with E-state index in [-0.39, 0.29) is 31.1 Å². The van der Waals surface area contributed by atoms with Crippen molar-refractivity contribution < 1.29 is 28.6 Å². The Bertz CT molecular complexity index is 980. The topological polar surface area (TPSA) is 78.9 Å². The molecule has 0 aromatic heterocycles. The molecule has 63 heavy (non-hydrogen) atoms. The highest BCUT2D eigenvalue weighted by molar-refractivity contribution is 5.71. The first-order valence-corrected chi connectivity index (χ1v) is 28.2. The molecule has 0 bridgehead atoms. The Hall–Kier alpha value is -1.59. The van der Waals surface area contributed by atoms with E-state index < -0.39 is 6.10 Å². The normalized spacial score (nSPS) is 13.0. The fourth-order valence-electron chi connectivity index (χ4n) is 8.58. The highest BCUT2D eigenvalue weighted by atomic mass is 16.6. The van der Waals surface area contributed by atoms with E-state index in [2.05, 4.69) is 41.5 Å². The van der Waals surface area contributed by atoms with Crippen molar-refractivity contribution in [1.29, 1.82) is 0 Å². The maximum atomic E-state index is 12.8. The summed E-state index contributed by atoms with van der Waals surface area (Å²) in [5.74, 6) is 1.70. The predicted octanol–water partition coefficient (Wildman–Crippen LogP) is 18.3. The molecule has 0 heterocycles. The largest absolute Gasteiger partial charge is 0.462 e. The third-order valence-corrected chi connectivity index (χ3v) is 13.6. The van der Waals surface area contributed by atoms with Crippen LogP contribution in [0.25, 0.3) is 0 Å². The first-order chi connectivity index (χ1) is 30.7. The summed E-state index contributed by atoms with van der Waals surface area (Å²) in [6.07, 6.45) is 49.5. The van der Waals surface area contributed by atoms with Crippen LogP contribution in [0.3, 0.4) is 0 Å². The second kappa shape index (κ2) is 48.3. The first-order valence-electron chi connectivity index (χ1n) is 28.2. The predicted molar refractivity (Wildman–Crippen MR) is 270 cm³/mol. The Balaban J connectivity index is 4.27. The summed E-state index contributed by atoms with van der Waals surface area (Å²) < 4.78 is 16.9. The van der Waals surface area contributed by atoms with Gasteiger partial charge in [0, 0.05) is 19.3 Å². The fraction of sp³-hybridized carbons (Fsp3) is 0.947. The summed E-state index contributed by atoms with van der Waals surface area (Å²) in [6.45, 7) is 13.8. The van der Waals surface area contributed by atoms with E-state index >= 15 is 0 Å². The summed E-state index contributed by atoms with van der Waals surface area (Å²) in [7, 11) is 0. The van der Waals surface area contributed by atoms with Crippen LogP contribution in [-0.4, -0.2) is 37.2 Å². The lowest BCUT2D eigenvalue weighted by Gasteiger charge is -2.18. The van der Waals surface area contributed by atoms with Gasteiger partial charge in [0.05, 0.1) is 0 Å². The molecule has 0 fully saturated rings. The van der Waals surface area contributed by atoms with Crippen LogP contribution in [0, 0.1) is 17.8 Å². The number of rotatable bonds is 50. The molecule has 2 unspecified atom stereocenters. The van der Waals surface area contributed by atoms with Crippen molar-refractivity contribution >= 4 is 17.9 Å². The van der Waals surface area contributed by atoms with Crippen molar-refractivity contribution in [3.05, 3.63) is 0 Å². The molecule has 0 saturated carbocycles. The minimum atomic E-state index is -0.764. The lowest BCUT2D eigenvalue weighted by molar-refractivity contribution is -0.167. The molecule has 0 N–H and O–H groups in total. The van der Waals surface area contributed by atoms with Crippen molar-refractivity contribution in [2.45, 2.75) is 317 Å². The summed E-state index contributed by atoms with van der Waals surface area (Å²) in [5, 5.41) is 0. The molecular formula is C57H110O6. The summed E-state index contributed by atoms with van der Waals surface area (Å²) in [5.41, 5.74) is 0. The van der Waals surface area contributed by atoms with Gasteiger partial charge in [-0.3, -0.25) is 14.4 Å². The van der Waals surface area contributed by atoms with Gasteiger partial charge in [0.15, 0.2) is 6.10 Å². The quantitative estimate of drug-likeness (QED) is 0.0344. The maximum Gasteiger partial charge on any atom is 0.306 e. The average Bonchev–Trinajstić information content (AvgIpc) is 3.27. The molecule has 0 radical (unpaired) electrons. The average molecular weight is 892 g/mol. The number of carbonyl (C=O) groups excluding carboxylic acids is 3. The second-order valence-corrected chi connectivity index (χ2v) is 20.5. The van der Waals surface area contributed by atoms with E-state index in [1.807, 2.05) is 0 Å². The molecule has 0 rings (SSSR count). The zero-order valence-corrected chi connectivity index (χ0v) is 43.4. The van der Waals surface area contributed by atoms with Crippen molar-refractivity contribution in [1.82, 2.24) is 0 Å². The van der Waals surface area contributed by atoms with Crippen molar-refractivity contribution in [3.8, 4) is 0 Å². The van der Waals surface area contributed by atoms with Gasteiger partial charge in [-0.1, -0.05) is 273 Å². The molecule has 0 saturated heterocycles. The van der Waals surface area contributed by atoms with Gasteiger partial charge in [0.2, 0.25) is 0 Å². The Labute approximate surface area is 393 Å². The molecule has 0 aliphatic heterocycles. The van der Waals surface area contributed by atoms with E-state index in [1.54, 1.807) is 0 Å². The fourth-order valence-corrected chi connectivity index (χ4v) is 8.58. The molecule has 6 nitrogen and oxygen atoms in total. The van der Waals surface area contributed by atoms with Crippen LogP contribution in [0.15, 0.2) is 0 Å². The monoisotopic (exact) mass is 891 g/mol. The van der Waals surface area contributed by atoms with E-state index in [1.165, 1.54) is 193 Å².